The van der Waals surface area contributed by atoms with Gasteiger partial charge in [-0.1, -0.05) is 304 Å². The molecule has 0 aliphatic heterocycles. The highest BCUT2D eigenvalue weighted by molar-refractivity contribution is 7.45. The molecule has 0 radical (unpaired) electrons. The van der Waals surface area contributed by atoms with E-state index in [1.54, 1.807) is 6.08 Å². The van der Waals surface area contributed by atoms with Gasteiger partial charge in [0.15, 0.2) is 0 Å². The van der Waals surface area contributed by atoms with Crippen LogP contribution in [0.5, 0.6) is 0 Å². The van der Waals surface area contributed by atoms with Crippen LogP contribution >= 0.6 is 7.82 Å². The maximum absolute atomic E-state index is 13.0. The van der Waals surface area contributed by atoms with Gasteiger partial charge in [0, 0.05) is 6.42 Å². The monoisotopic (exact) mass is 1110 g/mol. The summed E-state index contributed by atoms with van der Waals surface area (Å²) in [5, 5.41) is 13.9. The lowest BCUT2D eigenvalue weighted by molar-refractivity contribution is -0.870. The van der Waals surface area contributed by atoms with Crippen LogP contribution in [0.2, 0.25) is 0 Å². The topological polar surface area (TPSA) is 108 Å². The van der Waals surface area contributed by atoms with Crippen LogP contribution in [0.3, 0.4) is 0 Å². The van der Waals surface area contributed by atoms with E-state index in [0.29, 0.717) is 17.4 Å². The molecule has 0 aromatic rings. The summed E-state index contributed by atoms with van der Waals surface area (Å²) in [4.78, 5) is 25.6. The lowest BCUT2D eigenvalue weighted by Gasteiger charge is -2.29. The van der Waals surface area contributed by atoms with E-state index in [0.717, 1.165) is 89.9 Å². The Kier molecular flexibility index (Phi) is 57.5. The summed E-state index contributed by atoms with van der Waals surface area (Å²) in [6.45, 7) is 4.56. The molecule has 0 aromatic heterocycles. The van der Waals surface area contributed by atoms with Crippen LogP contribution in [0.1, 0.15) is 296 Å². The van der Waals surface area contributed by atoms with Gasteiger partial charge in [0.25, 0.3) is 7.82 Å². The molecule has 454 valence electrons. The Bertz CT molecular complexity index is 1550. The third kappa shape index (κ3) is 61.3. The molecule has 8 nitrogen and oxygen atoms in total. The van der Waals surface area contributed by atoms with Crippen LogP contribution in [-0.4, -0.2) is 68.5 Å². The van der Waals surface area contributed by atoms with Crippen LogP contribution in [0.25, 0.3) is 0 Å². The number of hydrogen-bond acceptors (Lipinski definition) is 6. The Balaban J connectivity index is 4.16. The molecule has 0 bridgehead atoms. The fraction of sp³-hybridized carbons (Fsp3) is 0.783. The van der Waals surface area contributed by atoms with Gasteiger partial charge in [0.05, 0.1) is 39.9 Å². The van der Waals surface area contributed by atoms with Crippen molar-refractivity contribution in [2.45, 2.75) is 309 Å². The zero-order valence-electron chi connectivity index (χ0n) is 51.9. The van der Waals surface area contributed by atoms with Crippen LogP contribution in [-0.2, 0) is 18.4 Å². The fourth-order valence-electron chi connectivity index (χ4n) is 9.51. The minimum Gasteiger partial charge on any atom is -0.756 e. The van der Waals surface area contributed by atoms with Crippen molar-refractivity contribution < 1.29 is 32.9 Å². The van der Waals surface area contributed by atoms with Crippen molar-refractivity contribution in [2.75, 3.05) is 40.9 Å². The molecule has 0 rings (SSSR count). The van der Waals surface area contributed by atoms with Crippen LogP contribution in [0.15, 0.2) is 85.1 Å². The molecule has 0 saturated heterocycles. The molecule has 0 heterocycles. The largest absolute Gasteiger partial charge is 0.756 e. The molecule has 0 saturated carbocycles. The van der Waals surface area contributed by atoms with Crippen LogP contribution < -0.4 is 10.2 Å². The maximum Gasteiger partial charge on any atom is 0.268 e. The van der Waals surface area contributed by atoms with E-state index >= 15 is 0 Å². The van der Waals surface area contributed by atoms with E-state index in [2.05, 4.69) is 92.1 Å². The first-order chi connectivity index (χ1) is 38.0. The number of carbonyl (C=O) groups is 1. The molecular formula is C69H127N2O6P. The minimum absolute atomic E-state index is 0.00622. The molecule has 78 heavy (non-hydrogen) atoms. The zero-order valence-corrected chi connectivity index (χ0v) is 52.7. The predicted octanol–water partition coefficient (Wildman–Crippen LogP) is 20.1. The number of amides is 1. The molecule has 0 aromatic carbocycles. The average molecular weight is 1110 g/mol. The van der Waals surface area contributed by atoms with Gasteiger partial charge in [-0.15, -0.1) is 0 Å². The van der Waals surface area contributed by atoms with Crippen molar-refractivity contribution >= 4 is 13.7 Å². The number of carbonyl (C=O) groups excluding carboxylic acids is 1. The van der Waals surface area contributed by atoms with Crippen molar-refractivity contribution in [3.63, 3.8) is 0 Å². The summed E-state index contributed by atoms with van der Waals surface area (Å²) in [5.41, 5.74) is 0. The van der Waals surface area contributed by atoms with Gasteiger partial charge < -0.3 is 28.8 Å². The van der Waals surface area contributed by atoms with Gasteiger partial charge in [-0.05, 0) is 70.6 Å². The number of hydrogen-bond donors (Lipinski definition) is 2. The van der Waals surface area contributed by atoms with E-state index in [1.165, 1.54) is 186 Å². The number of nitrogens with one attached hydrogen (secondary N) is 1. The molecule has 9 heteroatoms. The molecule has 0 aliphatic carbocycles. The maximum atomic E-state index is 13.0. The Morgan fingerprint density at radius 2 is 0.782 bits per heavy atom. The molecular weight excluding hydrogens is 984 g/mol. The summed E-state index contributed by atoms with van der Waals surface area (Å²) in [6, 6.07) is -0.898. The quantitative estimate of drug-likeness (QED) is 0.0272. The summed E-state index contributed by atoms with van der Waals surface area (Å²) < 4.78 is 23.4. The third-order valence-electron chi connectivity index (χ3n) is 14.6. The van der Waals surface area contributed by atoms with Gasteiger partial charge in [-0.3, -0.25) is 9.36 Å². The molecule has 3 atom stereocenters. The average Bonchev–Trinajstić information content (AvgIpc) is 3.41. The van der Waals surface area contributed by atoms with Crippen LogP contribution in [0, 0.1) is 0 Å². The second-order valence-corrected chi connectivity index (χ2v) is 24.9. The number of aliphatic hydroxyl groups is 1. The summed E-state index contributed by atoms with van der Waals surface area (Å²) in [5.74, 6) is -0.206. The number of aliphatic hydroxyl groups excluding tert-OH is 1. The third-order valence-corrected chi connectivity index (χ3v) is 15.6. The van der Waals surface area contributed by atoms with E-state index in [9.17, 15) is 19.4 Å². The number of phosphoric ester groups is 1. The fourth-order valence-corrected chi connectivity index (χ4v) is 10.2. The second-order valence-electron chi connectivity index (χ2n) is 23.4. The zero-order chi connectivity index (χ0) is 57.0. The highest BCUT2D eigenvalue weighted by Crippen LogP contribution is 2.38. The highest BCUT2D eigenvalue weighted by atomic mass is 31.2. The van der Waals surface area contributed by atoms with Gasteiger partial charge in [0.1, 0.15) is 13.2 Å². The Morgan fingerprint density at radius 1 is 0.462 bits per heavy atom. The number of likely N-dealkylation sites (N-methyl/N-ethyl adjacent to an activating group) is 1. The van der Waals surface area contributed by atoms with E-state index in [1.807, 2.05) is 27.2 Å². The Morgan fingerprint density at radius 3 is 1.14 bits per heavy atom. The number of phosphoric acid groups is 1. The first-order valence-electron chi connectivity index (χ1n) is 32.9. The summed E-state index contributed by atoms with van der Waals surface area (Å²) in [6.07, 6.45) is 84.0. The molecule has 1 amide bonds. The van der Waals surface area contributed by atoms with Crippen molar-refractivity contribution in [1.82, 2.24) is 5.32 Å². The molecule has 2 N–H and O–H groups in total. The van der Waals surface area contributed by atoms with Crippen molar-refractivity contribution in [2.24, 2.45) is 0 Å². The van der Waals surface area contributed by atoms with E-state index in [-0.39, 0.29) is 19.1 Å². The smallest absolute Gasteiger partial charge is 0.268 e. The van der Waals surface area contributed by atoms with Gasteiger partial charge >= 0.3 is 0 Å². The Labute approximate surface area is 484 Å². The molecule has 0 aliphatic rings. The SMILES string of the molecule is CC/C=C\C/C=C\C/C=C\C/C=C\C/C=C\C/C=C\CCCCCCCCCCC(=O)NC(COP(=O)([O-])OCC[N+](C)(C)C)C(O)/C=C/CCCCCCCCCCCCCCCCCCCCCCCCCCCCC. The van der Waals surface area contributed by atoms with Gasteiger partial charge in [-0.25, -0.2) is 0 Å². The predicted molar refractivity (Wildman–Crippen MR) is 339 cm³/mol. The van der Waals surface area contributed by atoms with E-state index in [4.69, 9.17) is 9.05 Å². The van der Waals surface area contributed by atoms with Crippen molar-refractivity contribution in [3.8, 4) is 0 Å². The number of rotatable bonds is 60. The van der Waals surface area contributed by atoms with E-state index < -0.39 is 20.0 Å². The number of allylic oxidation sites excluding steroid dienone is 13. The number of quaternary nitrogens is 1. The van der Waals surface area contributed by atoms with Crippen molar-refractivity contribution in [1.29, 1.82) is 0 Å². The van der Waals surface area contributed by atoms with Crippen LogP contribution in [0.4, 0.5) is 0 Å². The second kappa shape index (κ2) is 59.3. The lowest BCUT2D eigenvalue weighted by atomic mass is 10.0. The molecule has 0 fully saturated rings. The van der Waals surface area contributed by atoms with Gasteiger partial charge in [-0.2, -0.15) is 0 Å². The normalized spacial score (nSPS) is 14.3. The first-order valence-corrected chi connectivity index (χ1v) is 34.4. The summed E-state index contributed by atoms with van der Waals surface area (Å²) >= 11 is 0. The number of nitrogens with zero attached hydrogens (tertiary/aromatic N) is 1. The first kappa shape index (κ1) is 75.7. The minimum atomic E-state index is -4.61. The van der Waals surface area contributed by atoms with Crippen molar-refractivity contribution in [3.05, 3.63) is 85.1 Å². The standard InChI is InChI=1S/C69H127N2O6P/c1-6-8-10-12-14-16-18-20-22-24-26-28-30-32-34-35-37-38-40-42-44-46-48-50-52-54-56-58-60-62-68(72)67(66-77-78(74,75)76-65-64-71(3,4)5)70-69(73)63-61-59-57-55-53-51-49-47-45-43-41-39-36-33-31-29-27-25-23-21-19-17-15-13-11-9-7-2/h9,11,15,17,21,23,27,29,33,36,41,43,60,62,67-68,72H,6-8,10,12-14,16,18-20,22,24-26,28,30-32,34-35,37-40,42,44-59,61,63-66H2,1-5H3,(H-,70,73,74,75)/b11-9-,17-15-,23-21-,29-27-,36-33-,43-41-,62-60+. The Hall–Kier alpha value is -2.32. The molecule has 0 spiro atoms. The lowest BCUT2D eigenvalue weighted by Crippen LogP contribution is -2.45. The molecule has 3 unspecified atom stereocenters. The highest BCUT2D eigenvalue weighted by Gasteiger charge is 2.23. The van der Waals surface area contributed by atoms with Gasteiger partial charge in [0.2, 0.25) is 5.91 Å². The summed E-state index contributed by atoms with van der Waals surface area (Å²) in [7, 11) is 1.25. The number of unbranched alkanes of at least 4 members (excludes halogenated alkanes) is 35.